The summed E-state index contributed by atoms with van der Waals surface area (Å²) in [6.45, 7) is 2.09. The van der Waals surface area contributed by atoms with Crippen molar-refractivity contribution in [1.82, 2.24) is 0 Å². The van der Waals surface area contributed by atoms with Gasteiger partial charge in [-0.15, -0.1) is 0 Å². The molecule has 48 valence electrons. The van der Waals surface area contributed by atoms with Crippen LogP contribution in [0.15, 0.2) is 34.4 Å². The second-order valence-electron chi connectivity index (χ2n) is 2.07. The molecule has 0 saturated carbocycles. The van der Waals surface area contributed by atoms with Crippen molar-refractivity contribution in [3.8, 4) is 0 Å². The van der Waals surface area contributed by atoms with E-state index in [2.05, 4.69) is 47.2 Å². The Morgan fingerprint density at radius 1 is 1.33 bits per heavy atom. The first-order chi connectivity index (χ1) is 4.30. The molecular weight excluding hydrogens is 176 g/mol. The van der Waals surface area contributed by atoms with Gasteiger partial charge in [0.05, 0.1) is 0 Å². The average molecular weight is 185 g/mol. The quantitative estimate of drug-likeness (QED) is 0.543. The van der Waals surface area contributed by atoms with Crippen molar-refractivity contribution in [2.45, 2.75) is 13.3 Å². The van der Waals surface area contributed by atoms with Crippen LogP contribution < -0.4 is 0 Å². The van der Waals surface area contributed by atoms with Gasteiger partial charge in [-0.05, 0) is 18.9 Å². The van der Waals surface area contributed by atoms with Crippen molar-refractivity contribution >= 4 is 15.9 Å². The van der Waals surface area contributed by atoms with Gasteiger partial charge < -0.3 is 0 Å². The summed E-state index contributed by atoms with van der Waals surface area (Å²) in [5.74, 6) is 0. The molecule has 0 aromatic rings. The molecule has 0 spiro atoms. The predicted molar refractivity (Wildman–Crippen MR) is 44.5 cm³/mol. The summed E-state index contributed by atoms with van der Waals surface area (Å²) < 4.78 is 1.19. The van der Waals surface area contributed by atoms with Crippen LogP contribution in [0.25, 0.3) is 0 Å². The topological polar surface area (TPSA) is 0 Å². The number of allylic oxidation sites excluding steroid dienone is 6. The Hall–Kier alpha value is -0.300. The van der Waals surface area contributed by atoms with Crippen LogP contribution >= 0.6 is 15.9 Å². The van der Waals surface area contributed by atoms with E-state index in [0.29, 0.717) is 0 Å². The number of hydrogen-bond acceptors (Lipinski definition) is 0. The maximum atomic E-state index is 3.45. The molecule has 1 aliphatic rings. The first kappa shape index (κ1) is 6.81. The normalized spacial score (nSPS) is 18.4. The van der Waals surface area contributed by atoms with Crippen LogP contribution in [0, 0.1) is 0 Å². The monoisotopic (exact) mass is 184 g/mol. The molecule has 0 bridgehead atoms. The lowest BCUT2D eigenvalue weighted by atomic mass is 10.3. The summed E-state index contributed by atoms with van der Waals surface area (Å²) in [5, 5.41) is 0. The Bertz CT molecular complexity index is 165. The highest BCUT2D eigenvalue weighted by molar-refractivity contribution is 9.11. The summed E-state index contributed by atoms with van der Waals surface area (Å²) >= 11 is 3.45. The molecule has 0 aromatic carbocycles. The molecule has 9 heavy (non-hydrogen) atoms. The zero-order valence-corrected chi connectivity index (χ0v) is 6.98. The first-order valence-electron chi connectivity index (χ1n) is 3.00. The Morgan fingerprint density at radius 3 is 2.78 bits per heavy atom. The van der Waals surface area contributed by atoms with E-state index in [1.807, 2.05) is 0 Å². The Labute approximate surface area is 64.1 Å². The molecule has 1 heteroatoms. The summed E-state index contributed by atoms with van der Waals surface area (Å²) in [6.07, 6.45) is 9.56. The van der Waals surface area contributed by atoms with Gasteiger partial charge in [0, 0.05) is 4.48 Å². The second-order valence-corrected chi connectivity index (χ2v) is 2.93. The lowest BCUT2D eigenvalue weighted by Crippen LogP contribution is -1.67. The molecule has 0 nitrogen and oxygen atoms in total. The van der Waals surface area contributed by atoms with E-state index in [1.54, 1.807) is 0 Å². The lowest BCUT2D eigenvalue weighted by molar-refractivity contribution is 1.40. The Kier molecular flexibility index (Phi) is 2.29. The summed E-state index contributed by atoms with van der Waals surface area (Å²) in [7, 11) is 0. The molecule has 0 heterocycles. The van der Waals surface area contributed by atoms with Crippen LogP contribution in [-0.2, 0) is 0 Å². The van der Waals surface area contributed by atoms with Crippen LogP contribution in [0.4, 0.5) is 0 Å². The molecule has 0 aliphatic heterocycles. The van der Waals surface area contributed by atoms with Crippen molar-refractivity contribution in [2.75, 3.05) is 0 Å². The Balaban J connectivity index is 2.90. The minimum absolute atomic E-state index is 1.05. The fourth-order valence-corrected chi connectivity index (χ4v) is 1.03. The van der Waals surface area contributed by atoms with Gasteiger partial charge in [-0.25, -0.2) is 0 Å². The Morgan fingerprint density at radius 2 is 2.00 bits per heavy atom. The molecule has 0 amide bonds. The highest BCUT2D eigenvalue weighted by Gasteiger charge is 1.91. The molecule has 0 radical (unpaired) electrons. The molecule has 0 unspecified atom stereocenters. The van der Waals surface area contributed by atoms with Crippen LogP contribution in [0.1, 0.15) is 13.3 Å². The molecule has 0 aromatic heterocycles. The van der Waals surface area contributed by atoms with E-state index in [-0.39, 0.29) is 0 Å². The van der Waals surface area contributed by atoms with Gasteiger partial charge in [-0.1, -0.05) is 40.2 Å². The van der Waals surface area contributed by atoms with Gasteiger partial charge >= 0.3 is 0 Å². The number of hydrogen-bond donors (Lipinski definition) is 0. The summed E-state index contributed by atoms with van der Waals surface area (Å²) in [5.41, 5.74) is 1.30. The standard InChI is InChI=1S/C8H9Br/c1-7-5-3-2-4-6-8(7)9/h3-6H,2H2,1H3. The maximum absolute atomic E-state index is 3.45. The van der Waals surface area contributed by atoms with Gasteiger partial charge in [0.25, 0.3) is 0 Å². The molecule has 1 aliphatic carbocycles. The third-order valence-corrected chi connectivity index (χ3v) is 2.17. The van der Waals surface area contributed by atoms with E-state index >= 15 is 0 Å². The predicted octanol–water partition coefficient (Wildman–Crippen LogP) is 3.17. The summed E-state index contributed by atoms with van der Waals surface area (Å²) in [6, 6.07) is 0. The smallest absolute Gasteiger partial charge is 0.0201 e. The first-order valence-corrected chi connectivity index (χ1v) is 3.79. The highest BCUT2D eigenvalue weighted by Crippen LogP contribution is 2.17. The minimum Gasteiger partial charge on any atom is -0.0804 e. The average Bonchev–Trinajstić information content (AvgIpc) is 1.99. The molecular formula is C8H9Br. The van der Waals surface area contributed by atoms with Gasteiger partial charge in [0.2, 0.25) is 0 Å². The highest BCUT2D eigenvalue weighted by atomic mass is 79.9. The van der Waals surface area contributed by atoms with E-state index < -0.39 is 0 Å². The van der Waals surface area contributed by atoms with E-state index in [9.17, 15) is 0 Å². The fraction of sp³-hybridized carbons (Fsp3) is 0.250. The SMILES string of the molecule is CC1=C(Br)C=CCC=C1. The van der Waals surface area contributed by atoms with Crippen LogP contribution in [-0.4, -0.2) is 0 Å². The van der Waals surface area contributed by atoms with Gasteiger partial charge in [0.1, 0.15) is 0 Å². The van der Waals surface area contributed by atoms with E-state index in [0.717, 1.165) is 6.42 Å². The van der Waals surface area contributed by atoms with Crippen LogP contribution in [0.5, 0.6) is 0 Å². The number of rotatable bonds is 0. The van der Waals surface area contributed by atoms with Crippen LogP contribution in [0.3, 0.4) is 0 Å². The van der Waals surface area contributed by atoms with Crippen molar-refractivity contribution < 1.29 is 0 Å². The minimum atomic E-state index is 1.05. The van der Waals surface area contributed by atoms with Crippen molar-refractivity contribution in [1.29, 1.82) is 0 Å². The maximum Gasteiger partial charge on any atom is 0.0201 e. The zero-order valence-electron chi connectivity index (χ0n) is 5.39. The lowest BCUT2D eigenvalue weighted by Gasteiger charge is -1.89. The zero-order chi connectivity index (χ0) is 6.69. The molecule has 0 fully saturated rings. The molecule has 0 saturated heterocycles. The third-order valence-electron chi connectivity index (χ3n) is 1.28. The molecule has 1 rings (SSSR count). The molecule has 0 atom stereocenters. The van der Waals surface area contributed by atoms with E-state index in [4.69, 9.17) is 0 Å². The van der Waals surface area contributed by atoms with Gasteiger partial charge in [0.15, 0.2) is 0 Å². The van der Waals surface area contributed by atoms with Gasteiger partial charge in [-0.3, -0.25) is 0 Å². The second kappa shape index (κ2) is 3.02. The van der Waals surface area contributed by atoms with Crippen molar-refractivity contribution in [3.63, 3.8) is 0 Å². The fourth-order valence-electron chi connectivity index (χ4n) is 0.706. The molecule has 0 N–H and O–H groups in total. The van der Waals surface area contributed by atoms with Crippen LogP contribution in [0.2, 0.25) is 0 Å². The van der Waals surface area contributed by atoms with Crippen molar-refractivity contribution in [3.05, 3.63) is 34.4 Å². The largest absolute Gasteiger partial charge is 0.0804 e. The van der Waals surface area contributed by atoms with Gasteiger partial charge in [-0.2, -0.15) is 0 Å². The van der Waals surface area contributed by atoms with E-state index in [1.165, 1.54) is 10.1 Å². The summed E-state index contributed by atoms with van der Waals surface area (Å²) in [4.78, 5) is 0. The van der Waals surface area contributed by atoms with Crippen molar-refractivity contribution in [2.24, 2.45) is 0 Å². The third kappa shape index (κ3) is 1.83. The number of halogens is 1.